The third-order valence-electron chi connectivity index (χ3n) is 5.69. The number of hydrogen-bond acceptors (Lipinski definition) is 4. The fourth-order valence-electron chi connectivity index (χ4n) is 3.61. The maximum atomic E-state index is 13.2. The Morgan fingerprint density at radius 3 is 2.26 bits per heavy atom. The minimum absolute atomic E-state index is 0.182. The Balaban J connectivity index is 1.92. The van der Waals surface area contributed by atoms with Gasteiger partial charge >= 0.3 is 0 Å². The van der Waals surface area contributed by atoms with Crippen molar-refractivity contribution in [2.75, 3.05) is 37.7 Å². The lowest BCUT2D eigenvalue weighted by Gasteiger charge is -2.30. The second-order valence-electron chi connectivity index (χ2n) is 7.64. The van der Waals surface area contributed by atoms with E-state index in [1.165, 1.54) is 6.07 Å². The smallest absolute Gasteiger partial charge is 0.253 e. The van der Waals surface area contributed by atoms with Crippen LogP contribution in [0.3, 0.4) is 0 Å². The molecule has 2 aliphatic heterocycles. The van der Waals surface area contributed by atoms with Crippen molar-refractivity contribution in [1.82, 2.24) is 9.21 Å². The molecule has 0 aromatic heterocycles. The summed E-state index contributed by atoms with van der Waals surface area (Å²) < 4.78 is 39.5. The molecule has 1 aromatic carbocycles. The van der Waals surface area contributed by atoms with E-state index < -0.39 is 20.8 Å². The molecule has 0 radical (unpaired) electrons. The van der Waals surface area contributed by atoms with Crippen LogP contribution in [-0.2, 0) is 20.8 Å². The van der Waals surface area contributed by atoms with Crippen molar-refractivity contribution in [3.63, 3.8) is 0 Å². The van der Waals surface area contributed by atoms with Gasteiger partial charge in [-0.15, -0.1) is 0 Å². The van der Waals surface area contributed by atoms with Gasteiger partial charge in [-0.1, -0.05) is 6.92 Å². The van der Waals surface area contributed by atoms with Gasteiger partial charge in [0.2, 0.25) is 10.0 Å². The van der Waals surface area contributed by atoms with Crippen molar-refractivity contribution in [3.8, 4) is 0 Å². The first-order valence-electron chi connectivity index (χ1n) is 9.46. The Kier molecular flexibility index (Phi) is 6.08. The zero-order valence-electron chi connectivity index (χ0n) is 16.2. The van der Waals surface area contributed by atoms with Crippen LogP contribution in [0.4, 0.5) is 0 Å². The van der Waals surface area contributed by atoms with E-state index in [0.717, 1.165) is 18.4 Å². The largest absolute Gasteiger partial charge is 0.337 e. The van der Waals surface area contributed by atoms with E-state index in [-0.39, 0.29) is 10.8 Å². The van der Waals surface area contributed by atoms with Gasteiger partial charge in [-0.3, -0.25) is 9.00 Å². The van der Waals surface area contributed by atoms with Crippen molar-refractivity contribution < 1.29 is 17.4 Å². The van der Waals surface area contributed by atoms with Crippen molar-refractivity contribution in [2.45, 2.75) is 38.5 Å². The van der Waals surface area contributed by atoms with Crippen LogP contribution in [0.25, 0.3) is 0 Å². The fraction of sp³-hybridized carbons (Fsp3) is 0.632. The summed E-state index contributed by atoms with van der Waals surface area (Å²) >= 11 is 0. The highest BCUT2D eigenvalue weighted by atomic mass is 32.2. The number of carbonyl (C=O) groups excluding carboxylic acids is 1. The standard InChI is InChI=1S/C19H28N2O4S2/c1-14-4-6-21(7-5-14)27(24,25)18-13-17(12-15(2)16(18)3)19(22)20-8-10-26(23)11-9-20/h12-14H,4-11H2,1-3H3. The lowest BCUT2D eigenvalue weighted by atomic mass is 10.0. The van der Waals surface area contributed by atoms with E-state index in [0.29, 0.717) is 54.7 Å². The van der Waals surface area contributed by atoms with E-state index in [1.807, 2.05) is 6.92 Å². The molecule has 0 saturated carbocycles. The van der Waals surface area contributed by atoms with Crippen LogP contribution in [0.5, 0.6) is 0 Å². The summed E-state index contributed by atoms with van der Waals surface area (Å²) in [6, 6.07) is 3.30. The number of rotatable bonds is 3. The van der Waals surface area contributed by atoms with E-state index >= 15 is 0 Å². The first-order chi connectivity index (χ1) is 12.7. The Bertz CT molecular complexity index is 849. The van der Waals surface area contributed by atoms with Gasteiger partial charge in [0.25, 0.3) is 5.91 Å². The number of aryl methyl sites for hydroxylation is 1. The van der Waals surface area contributed by atoms with Crippen molar-refractivity contribution in [2.24, 2.45) is 5.92 Å². The topological polar surface area (TPSA) is 74.8 Å². The summed E-state index contributed by atoms with van der Waals surface area (Å²) in [4.78, 5) is 14.8. The molecule has 8 heteroatoms. The number of carbonyl (C=O) groups is 1. The molecule has 2 saturated heterocycles. The average Bonchev–Trinajstić information content (AvgIpc) is 2.64. The molecule has 6 nitrogen and oxygen atoms in total. The van der Waals surface area contributed by atoms with Gasteiger partial charge in [-0.2, -0.15) is 4.31 Å². The van der Waals surface area contributed by atoms with Crippen LogP contribution in [-0.4, -0.2) is 65.4 Å². The van der Waals surface area contributed by atoms with Gasteiger partial charge in [0.1, 0.15) is 0 Å². The number of piperidine rings is 1. The van der Waals surface area contributed by atoms with Crippen LogP contribution in [0.2, 0.25) is 0 Å². The maximum absolute atomic E-state index is 13.2. The molecular formula is C19H28N2O4S2. The summed E-state index contributed by atoms with van der Waals surface area (Å²) in [6.45, 7) is 7.73. The number of benzene rings is 1. The van der Waals surface area contributed by atoms with Crippen LogP contribution in [0.15, 0.2) is 17.0 Å². The Morgan fingerprint density at radius 2 is 1.67 bits per heavy atom. The molecular weight excluding hydrogens is 384 g/mol. The first kappa shape index (κ1) is 20.5. The van der Waals surface area contributed by atoms with E-state index in [2.05, 4.69) is 6.92 Å². The molecule has 27 heavy (non-hydrogen) atoms. The molecule has 2 heterocycles. The highest BCUT2D eigenvalue weighted by molar-refractivity contribution is 7.89. The zero-order chi connectivity index (χ0) is 19.8. The summed E-state index contributed by atoms with van der Waals surface area (Å²) in [6.07, 6.45) is 1.72. The summed E-state index contributed by atoms with van der Waals surface area (Å²) in [5, 5.41) is 0. The third-order valence-corrected chi connectivity index (χ3v) is 8.99. The molecule has 0 N–H and O–H groups in total. The van der Waals surface area contributed by atoms with E-state index in [1.54, 1.807) is 22.2 Å². The predicted molar refractivity (Wildman–Crippen MR) is 107 cm³/mol. The molecule has 2 aliphatic rings. The molecule has 1 aromatic rings. The maximum Gasteiger partial charge on any atom is 0.253 e. The summed E-state index contributed by atoms with van der Waals surface area (Å²) in [5.41, 5.74) is 1.89. The second kappa shape index (κ2) is 8.01. The first-order valence-corrected chi connectivity index (χ1v) is 12.4. The molecule has 3 rings (SSSR count). The Morgan fingerprint density at radius 1 is 1.07 bits per heavy atom. The zero-order valence-corrected chi connectivity index (χ0v) is 17.9. The molecule has 2 fully saturated rings. The quantitative estimate of drug-likeness (QED) is 0.760. The normalized spacial score (nSPS) is 20.8. The number of sulfonamides is 1. The molecule has 0 bridgehead atoms. The monoisotopic (exact) mass is 412 g/mol. The molecule has 0 aliphatic carbocycles. The van der Waals surface area contributed by atoms with Crippen LogP contribution in [0, 0.1) is 19.8 Å². The minimum Gasteiger partial charge on any atom is -0.337 e. The lowest BCUT2D eigenvalue weighted by molar-refractivity contribution is 0.0771. The SMILES string of the molecule is Cc1cc(C(=O)N2CCS(=O)CC2)cc(S(=O)(=O)N2CCC(C)CC2)c1C. The van der Waals surface area contributed by atoms with Crippen molar-refractivity contribution in [3.05, 3.63) is 28.8 Å². The molecule has 0 spiro atoms. The van der Waals surface area contributed by atoms with Crippen molar-refractivity contribution in [1.29, 1.82) is 0 Å². The number of hydrogen-bond donors (Lipinski definition) is 0. The van der Waals surface area contributed by atoms with Gasteiger partial charge in [0.05, 0.1) is 4.90 Å². The number of nitrogens with zero attached hydrogens (tertiary/aromatic N) is 2. The third kappa shape index (κ3) is 4.27. The van der Waals surface area contributed by atoms with E-state index in [9.17, 15) is 17.4 Å². The Hall–Kier alpha value is -1.25. The van der Waals surface area contributed by atoms with Gasteiger partial charge in [0, 0.05) is 54.0 Å². The van der Waals surface area contributed by atoms with Crippen LogP contribution >= 0.6 is 0 Å². The highest BCUT2D eigenvalue weighted by Gasteiger charge is 2.31. The molecule has 0 atom stereocenters. The fourth-order valence-corrected chi connectivity index (χ4v) is 6.45. The summed E-state index contributed by atoms with van der Waals surface area (Å²) in [7, 11) is -4.48. The second-order valence-corrected chi connectivity index (χ2v) is 11.2. The lowest BCUT2D eigenvalue weighted by Crippen LogP contribution is -2.42. The predicted octanol–water partition coefficient (Wildman–Crippen LogP) is 1.93. The van der Waals surface area contributed by atoms with Gasteiger partial charge < -0.3 is 4.90 Å². The van der Waals surface area contributed by atoms with E-state index in [4.69, 9.17) is 0 Å². The minimum atomic E-state index is -3.62. The van der Waals surface area contributed by atoms with Crippen LogP contribution < -0.4 is 0 Å². The van der Waals surface area contributed by atoms with Crippen LogP contribution in [0.1, 0.15) is 41.3 Å². The highest BCUT2D eigenvalue weighted by Crippen LogP contribution is 2.28. The van der Waals surface area contributed by atoms with Gasteiger partial charge in [-0.25, -0.2) is 8.42 Å². The Labute approximate surface area is 164 Å². The number of amides is 1. The molecule has 150 valence electrons. The molecule has 1 amide bonds. The van der Waals surface area contributed by atoms with Gasteiger partial charge in [0.15, 0.2) is 0 Å². The van der Waals surface area contributed by atoms with Gasteiger partial charge in [-0.05, 0) is 55.9 Å². The van der Waals surface area contributed by atoms with Crippen molar-refractivity contribution >= 4 is 26.7 Å². The summed E-state index contributed by atoms with van der Waals surface area (Å²) in [5.74, 6) is 1.32. The average molecular weight is 413 g/mol. The molecule has 0 unspecified atom stereocenters.